The third-order valence-corrected chi connectivity index (χ3v) is 3.27. The maximum atomic E-state index is 13.2. The summed E-state index contributed by atoms with van der Waals surface area (Å²) in [7, 11) is 0. The molecule has 0 heterocycles. The molecule has 0 aliphatic heterocycles. The Hall–Kier alpha value is -0.600. The Kier molecular flexibility index (Phi) is 4.12. The Labute approximate surface area is 95.4 Å². The number of nitrogens with two attached hydrogens (primary N) is 1. The number of rotatable bonds is 4. The highest BCUT2D eigenvalue weighted by Crippen LogP contribution is 2.26. The van der Waals surface area contributed by atoms with Gasteiger partial charge in [0.05, 0.1) is 5.02 Å². The van der Waals surface area contributed by atoms with E-state index in [-0.39, 0.29) is 16.3 Å². The standard InChI is InChI=1S/C12H17ClFN/c1-3-12(2,8-15)7-9-4-5-10(13)11(14)6-9/h4-6H,3,7-8,15H2,1-2H3. The predicted octanol–water partition coefficient (Wildman–Crippen LogP) is 3.40. The SMILES string of the molecule is CCC(C)(CN)Cc1ccc(Cl)c(F)c1. The lowest BCUT2D eigenvalue weighted by Gasteiger charge is -2.26. The minimum absolute atomic E-state index is 0.0419. The summed E-state index contributed by atoms with van der Waals surface area (Å²) in [6.07, 6.45) is 1.77. The third-order valence-electron chi connectivity index (χ3n) is 2.96. The molecule has 1 nitrogen and oxygen atoms in total. The maximum Gasteiger partial charge on any atom is 0.142 e. The van der Waals surface area contributed by atoms with Crippen molar-refractivity contribution in [3.63, 3.8) is 0 Å². The fourth-order valence-corrected chi connectivity index (χ4v) is 1.60. The molecule has 0 amide bonds. The van der Waals surface area contributed by atoms with Crippen molar-refractivity contribution in [2.75, 3.05) is 6.54 Å². The van der Waals surface area contributed by atoms with E-state index in [2.05, 4.69) is 13.8 Å². The Morgan fingerprint density at radius 3 is 2.60 bits per heavy atom. The van der Waals surface area contributed by atoms with E-state index in [1.165, 1.54) is 6.07 Å². The summed E-state index contributed by atoms with van der Waals surface area (Å²) in [6.45, 7) is 4.81. The lowest BCUT2D eigenvalue weighted by Crippen LogP contribution is -2.28. The summed E-state index contributed by atoms with van der Waals surface area (Å²) in [5, 5.41) is 0.171. The molecule has 1 unspecified atom stereocenters. The molecular formula is C12H17ClFN. The zero-order valence-corrected chi connectivity index (χ0v) is 9.94. The van der Waals surface area contributed by atoms with Gasteiger partial charge < -0.3 is 5.73 Å². The van der Waals surface area contributed by atoms with Gasteiger partial charge in [0.2, 0.25) is 0 Å². The summed E-state index contributed by atoms with van der Waals surface area (Å²) < 4.78 is 13.2. The summed E-state index contributed by atoms with van der Waals surface area (Å²) in [6, 6.07) is 4.94. The van der Waals surface area contributed by atoms with Crippen LogP contribution in [0.2, 0.25) is 5.02 Å². The second-order valence-electron chi connectivity index (χ2n) is 4.29. The van der Waals surface area contributed by atoms with Crippen LogP contribution in [0.5, 0.6) is 0 Å². The smallest absolute Gasteiger partial charge is 0.142 e. The van der Waals surface area contributed by atoms with Crippen LogP contribution in [0.15, 0.2) is 18.2 Å². The van der Waals surface area contributed by atoms with Gasteiger partial charge in [-0.15, -0.1) is 0 Å². The minimum Gasteiger partial charge on any atom is -0.330 e. The van der Waals surface area contributed by atoms with Crippen molar-refractivity contribution in [3.8, 4) is 0 Å². The molecule has 1 rings (SSSR count). The van der Waals surface area contributed by atoms with Crippen molar-refractivity contribution in [1.29, 1.82) is 0 Å². The fraction of sp³-hybridized carbons (Fsp3) is 0.500. The van der Waals surface area contributed by atoms with Gasteiger partial charge in [-0.1, -0.05) is 31.5 Å². The molecule has 1 aromatic carbocycles. The Morgan fingerprint density at radius 2 is 2.13 bits per heavy atom. The number of benzene rings is 1. The number of hydrogen-bond donors (Lipinski definition) is 1. The highest BCUT2D eigenvalue weighted by molar-refractivity contribution is 6.30. The highest BCUT2D eigenvalue weighted by Gasteiger charge is 2.20. The second kappa shape index (κ2) is 4.95. The first-order chi connectivity index (χ1) is 7.00. The van der Waals surface area contributed by atoms with E-state index in [1.54, 1.807) is 6.07 Å². The average molecular weight is 230 g/mol. The van der Waals surface area contributed by atoms with Gasteiger partial charge in [-0.3, -0.25) is 0 Å². The molecular weight excluding hydrogens is 213 g/mol. The van der Waals surface area contributed by atoms with Crippen molar-refractivity contribution in [3.05, 3.63) is 34.6 Å². The zero-order chi connectivity index (χ0) is 11.5. The molecule has 0 saturated carbocycles. The van der Waals surface area contributed by atoms with Crippen LogP contribution < -0.4 is 5.73 Å². The van der Waals surface area contributed by atoms with Gasteiger partial charge in [-0.2, -0.15) is 0 Å². The zero-order valence-electron chi connectivity index (χ0n) is 9.19. The molecule has 0 aliphatic carbocycles. The van der Waals surface area contributed by atoms with Gasteiger partial charge in [-0.05, 0) is 42.5 Å². The molecule has 0 bridgehead atoms. The van der Waals surface area contributed by atoms with Crippen LogP contribution >= 0.6 is 11.6 Å². The largest absolute Gasteiger partial charge is 0.330 e. The quantitative estimate of drug-likeness (QED) is 0.842. The first-order valence-corrected chi connectivity index (χ1v) is 5.52. The summed E-state index contributed by atoms with van der Waals surface area (Å²) >= 11 is 5.62. The van der Waals surface area contributed by atoms with E-state index in [9.17, 15) is 4.39 Å². The summed E-state index contributed by atoms with van der Waals surface area (Å²) in [5.41, 5.74) is 6.71. The lowest BCUT2D eigenvalue weighted by atomic mass is 9.81. The Bertz CT molecular complexity index is 334. The monoisotopic (exact) mass is 229 g/mol. The van der Waals surface area contributed by atoms with Crippen LogP contribution in [0.3, 0.4) is 0 Å². The van der Waals surface area contributed by atoms with Crippen molar-refractivity contribution in [2.45, 2.75) is 26.7 Å². The summed E-state index contributed by atoms with van der Waals surface area (Å²) in [5.74, 6) is -0.357. The highest BCUT2D eigenvalue weighted by atomic mass is 35.5. The second-order valence-corrected chi connectivity index (χ2v) is 4.70. The number of halogens is 2. The van der Waals surface area contributed by atoms with Gasteiger partial charge in [0, 0.05) is 0 Å². The molecule has 84 valence electrons. The van der Waals surface area contributed by atoms with Crippen LogP contribution in [-0.4, -0.2) is 6.54 Å². The van der Waals surface area contributed by atoms with Crippen molar-refractivity contribution in [2.24, 2.45) is 11.1 Å². The van der Waals surface area contributed by atoms with Crippen molar-refractivity contribution in [1.82, 2.24) is 0 Å². The molecule has 3 heteroatoms. The molecule has 2 N–H and O–H groups in total. The van der Waals surface area contributed by atoms with E-state index < -0.39 is 0 Å². The Morgan fingerprint density at radius 1 is 1.47 bits per heavy atom. The van der Waals surface area contributed by atoms with Crippen LogP contribution in [0.4, 0.5) is 4.39 Å². The summed E-state index contributed by atoms with van der Waals surface area (Å²) in [4.78, 5) is 0. The van der Waals surface area contributed by atoms with Gasteiger partial charge in [0.25, 0.3) is 0 Å². The molecule has 0 fully saturated rings. The van der Waals surface area contributed by atoms with Gasteiger partial charge in [0.15, 0.2) is 0 Å². The predicted molar refractivity (Wildman–Crippen MR) is 62.6 cm³/mol. The topological polar surface area (TPSA) is 26.0 Å². The molecule has 1 atom stereocenters. The Balaban J connectivity index is 2.85. The average Bonchev–Trinajstić information content (AvgIpc) is 2.23. The van der Waals surface area contributed by atoms with Crippen LogP contribution in [0.25, 0.3) is 0 Å². The molecule has 0 radical (unpaired) electrons. The van der Waals surface area contributed by atoms with Gasteiger partial charge in [0.1, 0.15) is 5.82 Å². The van der Waals surface area contributed by atoms with Crippen molar-refractivity contribution < 1.29 is 4.39 Å². The third kappa shape index (κ3) is 3.18. The molecule has 15 heavy (non-hydrogen) atoms. The number of hydrogen-bond acceptors (Lipinski definition) is 1. The molecule has 0 aromatic heterocycles. The molecule has 1 aromatic rings. The van der Waals surface area contributed by atoms with Crippen LogP contribution in [0, 0.1) is 11.2 Å². The minimum atomic E-state index is -0.357. The van der Waals surface area contributed by atoms with E-state index >= 15 is 0 Å². The van der Waals surface area contributed by atoms with E-state index in [1.807, 2.05) is 6.07 Å². The maximum absolute atomic E-state index is 13.2. The van der Waals surface area contributed by atoms with Gasteiger partial charge in [-0.25, -0.2) is 4.39 Å². The molecule has 0 spiro atoms. The van der Waals surface area contributed by atoms with E-state index in [4.69, 9.17) is 17.3 Å². The fourth-order valence-electron chi connectivity index (χ4n) is 1.48. The van der Waals surface area contributed by atoms with Crippen molar-refractivity contribution >= 4 is 11.6 Å². The van der Waals surface area contributed by atoms with E-state index in [0.717, 1.165) is 18.4 Å². The van der Waals surface area contributed by atoms with Crippen LogP contribution in [-0.2, 0) is 6.42 Å². The molecule has 0 saturated heterocycles. The van der Waals surface area contributed by atoms with Gasteiger partial charge >= 0.3 is 0 Å². The first kappa shape index (κ1) is 12.5. The normalized spacial score (nSPS) is 15.0. The lowest BCUT2D eigenvalue weighted by molar-refractivity contribution is 0.320. The first-order valence-electron chi connectivity index (χ1n) is 5.15. The molecule has 0 aliphatic rings. The van der Waals surface area contributed by atoms with E-state index in [0.29, 0.717) is 6.54 Å². The van der Waals surface area contributed by atoms with Crippen LogP contribution in [0.1, 0.15) is 25.8 Å².